The van der Waals surface area contributed by atoms with Gasteiger partial charge in [0.15, 0.2) is 0 Å². The van der Waals surface area contributed by atoms with Crippen LogP contribution in [0.3, 0.4) is 0 Å². The predicted octanol–water partition coefficient (Wildman–Crippen LogP) is 4.41. The number of hydrogen-bond donors (Lipinski definition) is 1. The molecule has 0 aromatic heterocycles. The first-order valence-corrected chi connectivity index (χ1v) is 11.7. The molecule has 0 aromatic carbocycles. The van der Waals surface area contributed by atoms with Crippen LogP contribution in [0.5, 0.6) is 0 Å². The lowest BCUT2D eigenvalue weighted by atomic mass is 9.90. The Bertz CT molecular complexity index is 492. The zero-order chi connectivity index (χ0) is 21.3. The molecule has 0 radical (unpaired) electrons. The van der Waals surface area contributed by atoms with E-state index >= 15 is 0 Å². The van der Waals surface area contributed by atoms with Crippen molar-refractivity contribution in [1.29, 1.82) is 0 Å². The van der Waals surface area contributed by atoms with Crippen LogP contribution >= 0.6 is 11.8 Å². The van der Waals surface area contributed by atoms with Crippen molar-refractivity contribution in [2.75, 3.05) is 18.6 Å². The number of carbonyl (C=O) groups is 2. The highest BCUT2D eigenvalue weighted by atomic mass is 32.2. The zero-order valence-corrected chi connectivity index (χ0v) is 19.4. The summed E-state index contributed by atoms with van der Waals surface area (Å²) in [5, 5.41) is 2.68. The Morgan fingerprint density at radius 3 is 2.57 bits per heavy atom. The summed E-state index contributed by atoms with van der Waals surface area (Å²) < 4.78 is 17.2. The number of rotatable bonds is 7. The lowest BCUT2D eigenvalue weighted by Crippen LogP contribution is -2.46. The molecule has 0 aromatic rings. The van der Waals surface area contributed by atoms with Crippen molar-refractivity contribution in [3.63, 3.8) is 0 Å². The lowest BCUT2D eigenvalue weighted by molar-refractivity contribution is -0.161. The molecule has 1 N–H and O–H groups in total. The van der Waals surface area contributed by atoms with Crippen molar-refractivity contribution in [3.8, 4) is 0 Å². The van der Waals surface area contributed by atoms with Crippen molar-refractivity contribution in [3.05, 3.63) is 0 Å². The fraction of sp³-hybridized carbons (Fsp3) is 0.905. The summed E-state index contributed by atoms with van der Waals surface area (Å²) in [6.45, 7) is 12.1. The summed E-state index contributed by atoms with van der Waals surface area (Å²) in [5.74, 6) is 1.38. The van der Waals surface area contributed by atoms with Gasteiger partial charge < -0.3 is 19.5 Å². The van der Waals surface area contributed by atoms with Crippen LogP contribution in [0.1, 0.15) is 67.2 Å². The van der Waals surface area contributed by atoms with E-state index in [0.29, 0.717) is 24.9 Å². The third-order valence-electron chi connectivity index (χ3n) is 4.59. The minimum absolute atomic E-state index is 0.126. The number of nitrogens with one attached hydrogen (secondary N) is 1. The van der Waals surface area contributed by atoms with Crippen LogP contribution in [0.2, 0.25) is 0 Å². The Hall–Kier alpha value is -0.950. The summed E-state index contributed by atoms with van der Waals surface area (Å²) in [4.78, 5) is 24.8. The molecule has 1 saturated heterocycles. The van der Waals surface area contributed by atoms with Crippen LogP contribution in [0.15, 0.2) is 0 Å². The number of carbonyl (C=O) groups excluding carboxylic acids is 2. The van der Waals surface area contributed by atoms with Gasteiger partial charge >= 0.3 is 12.1 Å². The maximum Gasteiger partial charge on any atom is 0.408 e. The number of hydrogen-bond acceptors (Lipinski definition) is 6. The summed E-state index contributed by atoms with van der Waals surface area (Å²) in [7, 11) is 0. The van der Waals surface area contributed by atoms with E-state index < -0.39 is 23.7 Å². The summed E-state index contributed by atoms with van der Waals surface area (Å²) in [6.07, 6.45) is 4.35. The molecule has 1 fully saturated rings. The van der Waals surface area contributed by atoms with Crippen LogP contribution in [-0.2, 0) is 19.0 Å². The predicted molar refractivity (Wildman–Crippen MR) is 114 cm³/mol. The highest BCUT2D eigenvalue weighted by Gasteiger charge is 2.35. The number of alkyl carbamates (subject to hydrolysis) is 1. The van der Waals surface area contributed by atoms with E-state index in [1.165, 1.54) is 0 Å². The maximum absolute atomic E-state index is 12.7. The van der Waals surface area contributed by atoms with E-state index in [2.05, 4.69) is 25.4 Å². The van der Waals surface area contributed by atoms with Gasteiger partial charge in [0.25, 0.3) is 0 Å². The molecule has 1 aliphatic rings. The average molecular weight is 418 g/mol. The van der Waals surface area contributed by atoms with Gasteiger partial charge in [-0.2, -0.15) is 11.8 Å². The summed E-state index contributed by atoms with van der Waals surface area (Å²) in [6, 6.07) is -0.692. The fourth-order valence-corrected chi connectivity index (χ4v) is 3.85. The van der Waals surface area contributed by atoms with E-state index in [9.17, 15) is 9.59 Å². The number of thioether (sulfide) groups is 1. The van der Waals surface area contributed by atoms with Gasteiger partial charge in [-0.3, -0.25) is 0 Å². The second-order valence-electron chi connectivity index (χ2n) is 9.01. The highest BCUT2D eigenvalue weighted by molar-refractivity contribution is 7.98. The first-order valence-electron chi connectivity index (χ1n) is 10.3. The zero-order valence-electron chi connectivity index (χ0n) is 18.6. The van der Waals surface area contributed by atoms with Gasteiger partial charge in [-0.15, -0.1) is 0 Å². The van der Waals surface area contributed by atoms with Gasteiger partial charge in [0.05, 0.1) is 6.10 Å². The van der Waals surface area contributed by atoms with Crippen molar-refractivity contribution in [1.82, 2.24) is 5.32 Å². The molecule has 0 unspecified atom stereocenters. The Labute approximate surface area is 174 Å². The molecule has 1 rings (SSSR count). The highest BCUT2D eigenvalue weighted by Crippen LogP contribution is 2.28. The van der Waals surface area contributed by atoms with E-state index in [1.54, 1.807) is 20.8 Å². The number of amides is 1. The monoisotopic (exact) mass is 417 g/mol. The van der Waals surface area contributed by atoms with E-state index in [1.807, 2.05) is 18.7 Å². The minimum atomic E-state index is -0.692. The normalized spacial score (nSPS) is 26.8. The summed E-state index contributed by atoms with van der Waals surface area (Å²) in [5.41, 5.74) is -0.613. The van der Waals surface area contributed by atoms with Crippen LogP contribution in [0, 0.1) is 11.8 Å². The Morgan fingerprint density at radius 1 is 1.32 bits per heavy atom. The molecule has 1 aliphatic heterocycles. The van der Waals surface area contributed by atoms with Crippen molar-refractivity contribution in [2.45, 2.75) is 91.1 Å². The van der Waals surface area contributed by atoms with Crippen LogP contribution < -0.4 is 5.32 Å². The second kappa shape index (κ2) is 11.9. The Balaban J connectivity index is 2.86. The van der Waals surface area contributed by atoms with Gasteiger partial charge in [-0.25, -0.2) is 9.59 Å². The van der Waals surface area contributed by atoms with E-state index in [0.717, 1.165) is 25.0 Å². The van der Waals surface area contributed by atoms with Crippen LogP contribution in [0.25, 0.3) is 0 Å². The maximum atomic E-state index is 12.7. The van der Waals surface area contributed by atoms with Gasteiger partial charge in [-0.05, 0) is 70.8 Å². The molecule has 4 atom stereocenters. The molecule has 6 nitrogen and oxygen atoms in total. The number of ether oxygens (including phenoxy) is 3. The molecular weight excluding hydrogens is 378 g/mol. The van der Waals surface area contributed by atoms with Crippen molar-refractivity contribution >= 4 is 23.8 Å². The van der Waals surface area contributed by atoms with Crippen molar-refractivity contribution < 1.29 is 23.8 Å². The largest absolute Gasteiger partial charge is 0.458 e. The first kappa shape index (κ1) is 25.1. The Kier molecular flexibility index (Phi) is 10.7. The van der Waals surface area contributed by atoms with Crippen molar-refractivity contribution in [2.24, 2.45) is 11.8 Å². The number of esters is 1. The van der Waals surface area contributed by atoms with Gasteiger partial charge in [0.2, 0.25) is 0 Å². The van der Waals surface area contributed by atoms with E-state index in [4.69, 9.17) is 14.2 Å². The SMILES string of the molecule is CSCC[C@H]1CCC[C@H](NC(=O)OC(C)(C)C)C(=O)O[C@@H](C)[C@@H]1OCC(C)C. The third-order valence-corrected chi connectivity index (χ3v) is 5.23. The molecule has 164 valence electrons. The third kappa shape index (κ3) is 9.50. The molecule has 1 heterocycles. The number of cyclic esters (lactones) is 1. The molecular formula is C21H39NO5S. The molecule has 0 saturated carbocycles. The molecule has 0 aliphatic carbocycles. The average Bonchev–Trinajstić information content (AvgIpc) is 2.60. The lowest BCUT2D eigenvalue weighted by Gasteiger charge is -2.31. The topological polar surface area (TPSA) is 73.9 Å². The quantitative estimate of drug-likeness (QED) is 0.619. The summed E-state index contributed by atoms with van der Waals surface area (Å²) >= 11 is 1.82. The van der Waals surface area contributed by atoms with Gasteiger partial charge in [-0.1, -0.05) is 20.3 Å². The van der Waals surface area contributed by atoms with Crippen LogP contribution in [0.4, 0.5) is 4.79 Å². The molecule has 1 amide bonds. The van der Waals surface area contributed by atoms with Crippen LogP contribution in [-0.4, -0.2) is 54.5 Å². The van der Waals surface area contributed by atoms with E-state index in [-0.39, 0.29) is 12.2 Å². The fourth-order valence-electron chi connectivity index (χ4n) is 3.32. The van der Waals surface area contributed by atoms with Gasteiger partial charge in [0, 0.05) is 6.61 Å². The molecule has 0 spiro atoms. The molecule has 7 heteroatoms. The first-order chi connectivity index (χ1) is 13.0. The van der Waals surface area contributed by atoms with Gasteiger partial charge in [0.1, 0.15) is 17.7 Å². The molecule has 28 heavy (non-hydrogen) atoms. The smallest absolute Gasteiger partial charge is 0.408 e. The molecule has 0 bridgehead atoms. The second-order valence-corrected chi connectivity index (χ2v) is 9.99. The Morgan fingerprint density at radius 2 is 2.00 bits per heavy atom. The standard InChI is InChI=1S/C21H39NO5S/c1-14(2)13-25-18-15(3)26-19(23)17(22-20(24)27-21(4,5)6)10-8-9-16(18)11-12-28-7/h14-18H,8-13H2,1-7H3,(H,22,24)/t15-,16+,17-,18-/m0/s1. The minimum Gasteiger partial charge on any atom is -0.458 e.